The van der Waals surface area contributed by atoms with Gasteiger partial charge in [0, 0.05) is 24.7 Å². The maximum Gasteiger partial charge on any atom is 0.273 e. The average molecular weight is 316 g/mol. The summed E-state index contributed by atoms with van der Waals surface area (Å²) in [6.45, 7) is 1.60. The highest BCUT2D eigenvalue weighted by atomic mass is 32.1. The Morgan fingerprint density at radius 1 is 1.45 bits per heavy atom. The maximum absolute atomic E-state index is 12.6. The second kappa shape index (κ2) is 6.54. The lowest BCUT2D eigenvalue weighted by atomic mass is 10.0. The molecule has 0 aromatic carbocycles. The number of aromatic nitrogens is 2. The van der Waals surface area contributed by atoms with Gasteiger partial charge in [0.2, 0.25) is 0 Å². The molecule has 1 amide bonds. The van der Waals surface area contributed by atoms with Crippen LogP contribution in [0.15, 0.2) is 29.2 Å². The number of carbonyl (C=O) groups excluding carboxylic acids is 1. The number of amides is 1. The van der Waals surface area contributed by atoms with E-state index in [4.69, 9.17) is 0 Å². The van der Waals surface area contributed by atoms with Crippen molar-refractivity contribution in [2.75, 3.05) is 20.6 Å². The lowest BCUT2D eigenvalue weighted by Crippen LogP contribution is -2.30. The zero-order valence-corrected chi connectivity index (χ0v) is 13.7. The first kappa shape index (κ1) is 15.1. The minimum absolute atomic E-state index is 0.0368. The third-order valence-corrected chi connectivity index (χ3v) is 4.46. The number of nitrogens with zero attached hydrogens (tertiary/aromatic N) is 4. The van der Waals surface area contributed by atoms with Gasteiger partial charge < -0.3 is 9.80 Å². The highest BCUT2D eigenvalue weighted by Crippen LogP contribution is 2.33. The SMILES string of the molecule is CN(C)Cc1cc(C2CCCN2C(=O)c2cscn2)ccn1. The lowest BCUT2D eigenvalue weighted by molar-refractivity contribution is 0.0730. The van der Waals surface area contributed by atoms with Crippen molar-refractivity contribution in [3.8, 4) is 0 Å². The molecular formula is C16H20N4OS. The van der Waals surface area contributed by atoms with Gasteiger partial charge >= 0.3 is 0 Å². The summed E-state index contributed by atoms with van der Waals surface area (Å²) in [5, 5.41) is 1.82. The first-order valence-electron chi connectivity index (χ1n) is 7.44. The van der Waals surface area contributed by atoms with E-state index in [9.17, 15) is 4.79 Å². The van der Waals surface area contributed by atoms with Crippen LogP contribution in [0, 0.1) is 0 Å². The smallest absolute Gasteiger partial charge is 0.273 e. The molecule has 0 N–H and O–H groups in total. The highest BCUT2D eigenvalue weighted by molar-refractivity contribution is 7.07. The Hall–Kier alpha value is -1.79. The average Bonchev–Trinajstić information content (AvgIpc) is 3.18. The van der Waals surface area contributed by atoms with Crippen LogP contribution in [0.1, 0.15) is 40.6 Å². The van der Waals surface area contributed by atoms with Crippen LogP contribution in [0.3, 0.4) is 0 Å². The van der Waals surface area contributed by atoms with Gasteiger partial charge in [0.15, 0.2) is 0 Å². The monoisotopic (exact) mass is 316 g/mol. The number of hydrogen-bond donors (Lipinski definition) is 0. The van der Waals surface area contributed by atoms with Gasteiger partial charge in [-0.1, -0.05) is 0 Å². The summed E-state index contributed by atoms with van der Waals surface area (Å²) < 4.78 is 0. The van der Waals surface area contributed by atoms with Crippen molar-refractivity contribution in [3.05, 3.63) is 46.2 Å². The Bertz CT molecular complexity index is 641. The largest absolute Gasteiger partial charge is 0.330 e. The summed E-state index contributed by atoms with van der Waals surface area (Å²) in [6.07, 6.45) is 3.88. The molecule has 1 fully saturated rings. The van der Waals surface area contributed by atoms with Crippen LogP contribution in [0.25, 0.3) is 0 Å². The summed E-state index contributed by atoms with van der Waals surface area (Å²) in [5.41, 5.74) is 4.47. The van der Waals surface area contributed by atoms with Crippen molar-refractivity contribution in [2.45, 2.75) is 25.4 Å². The standard InChI is InChI=1S/C16H20N4OS/c1-19(2)9-13-8-12(5-6-17-13)15-4-3-7-20(15)16(21)14-10-22-11-18-14/h5-6,8,10-11,15H,3-4,7,9H2,1-2H3. The number of rotatable bonds is 4. The number of pyridine rings is 1. The minimum Gasteiger partial charge on any atom is -0.330 e. The molecule has 1 aliphatic heterocycles. The van der Waals surface area contributed by atoms with Crippen LogP contribution in [0.5, 0.6) is 0 Å². The molecule has 2 aromatic rings. The Kier molecular flexibility index (Phi) is 4.49. The van der Waals surface area contributed by atoms with Crippen molar-refractivity contribution in [3.63, 3.8) is 0 Å². The quantitative estimate of drug-likeness (QED) is 0.870. The van der Waals surface area contributed by atoms with Crippen LogP contribution in [-0.4, -0.2) is 46.3 Å². The predicted octanol–water partition coefficient (Wildman–Crippen LogP) is 2.58. The van der Waals surface area contributed by atoms with E-state index in [2.05, 4.69) is 20.9 Å². The van der Waals surface area contributed by atoms with Gasteiger partial charge in [0.25, 0.3) is 5.91 Å². The molecule has 1 unspecified atom stereocenters. The topological polar surface area (TPSA) is 49.3 Å². The number of thiazole rings is 1. The molecule has 0 aliphatic carbocycles. The van der Waals surface area contributed by atoms with Crippen molar-refractivity contribution in [1.82, 2.24) is 19.8 Å². The van der Waals surface area contributed by atoms with E-state index < -0.39 is 0 Å². The van der Waals surface area contributed by atoms with Crippen molar-refractivity contribution >= 4 is 17.2 Å². The van der Waals surface area contributed by atoms with Crippen molar-refractivity contribution in [2.24, 2.45) is 0 Å². The Morgan fingerprint density at radius 3 is 3.05 bits per heavy atom. The molecule has 1 atom stereocenters. The summed E-state index contributed by atoms with van der Waals surface area (Å²) in [5.74, 6) is 0.0368. The van der Waals surface area contributed by atoms with Crippen LogP contribution in [0.2, 0.25) is 0 Å². The highest BCUT2D eigenvalue weighted by Gasteiger charge is 2.31. The van der Waals surface area contributed by atoms with Gasteiger partial charge in [0.05, 0.1) is 17.2 Å². The van der Waals surface area contributed by atoms with Crippen LogP contribution in [-0.2, 0) is 6.54 Å². The van der Waals surface area contributed by atoms with Gasteiger partial charge in [-0.15, -0.1) is 11.3 Å². The third-order valence-electron chi connectivity index (χ3n) is 3.87. The van der Waals surface area contributed by atoms with E-state index in [1.54, 1.807) is 5.51 Å². The normalized spacial score (nSPS) is 18.1. The van der Waals surface area contributed by atoms with E-state index in [1.165, 1.54) is 16.9 Å². The Labute approximate surface area is 134 Å². The zero-order valence-electron chi connectivity index (χ0n) is 12.9. The van der Waals surface area contributed by atoms with E-state index in [0.29, 0.717) is 5.69 Å². The van der Waals surface area contributed by atoms with Crippen molar-refractivity contribution < 1.29 is 4.79 Å². The second-order valence-electron chi connectivity index (χ2n) is 5.85. The molecular weight excluding hydrogens is 296 g/mol. The second-order valence-corrected chi connectivity index (χ2v) is 6.57. The molecule has 1 saturated heterocycles. The minimum atomic E-state index is 0.0368. The fourth-order valence-electron chi connectivity index (χ4n) is 2.94. The summed E-state index contributed by atoms with van der Waals surface area (Å²) >= 11 is 1.46. The van der Waals surface area contributed by atoms with Gasteiger partial charge in [-0.05, 0) is 44.6 Å². The molecule has 22 heavy (non-hydrogen) atoms. The molecule has 116 valence electrons. The Balaban J connectivity index is 1.82. The van der Waals surface area contributed by atoms with Gasteiger partial charge in [-0.3, -0.25) is 9.78 Å². The van der Waals surface area contributed by atoms with E-state index in [-0.39, 0.29) is 11.9 Å². The molecule has 2 aromatic heterocycles. The molecule has 0 spiro atoms. The van der Waals surface area contributed by atoms with E-state index in [1.807, 2.05) is 36.6 Å². The first-order chi connectivity index (χ1) is 10.6. The fraction of sp³-hybridized carbons (Fsp3) is 0.438. The molecule has 0 radical (unpaired) electrons. The van der Waals surface area contributed by atoms with Crippen molar-refractivity contribution in [1.29, 1.82) is 0 Å². The molecule has 5 nitrogen and oxygen atoms in total. The molecule has 1 aliphatic rings. The Morgan fingerprint density at radius 2 is 2.32 bits per heavy atom. The number of carbonyl (C=O) groups is 1. The lowest BCUT2D eigenvalue weighted by Gasteiger charge is -2.24. The number of likely N-dealkylation sites (tertiary alicyclic amines) is 1. The zero-order chi connectivity index (χ0) is 15.5. The van der Waals surface area contributed by atoms with Crippen LogP contribution >= 0.6 is 11.3 Å². The van der Waals surface area contributed by atoms with Gasteiger partial charge in [-0.25, -0.2) is 4.98 Å². The van der Waals surface area contributed by atoms with Crippen LogP contribution < -0.4 is 0 Å². The fourth-order valence-corrected chi connectivity index (χ4v) is 3.46. The maximum atomic E-state index is 12.6. The summed E-state index contributed by atoms with van der Waals surface area (Å²) in [4.78, 5) is 25.2. The number of hydrogen-bond acceptors (Lipinski definition) is 5. The van der Waals surface area contributed by atoms with Gasteiger partial charge in [0.1, 0.15) is 5.69 Å². The van der Waals surface area contributed by atoms with E-state index >= 15 is 0 Å². The predicted molar refractivity (Wildman–Crippen MR) is 86.8 cm³/mol. The first-order valence-corrected chi connectivity index (χ1v) is 8.38. The molecule has 6 heteroatoms. The summed E-state index contributed by atoms with van der Waals surface area (Å²) in [6, 6.07) is 4.28. The molecule has 3 heterocycles. The third kappa shape index (κ3) is 3.18. The summed E-state index contributed by atoms with van der Waals surface area (Å²) in [7, 11) is 4.06. The molecule has 3 rings (SSSR count). The van der Waals surface area contributed by atoms with Gasteiger partial charge in [-0.2, -0.15) is 0 Å². The molecule has 0 saturated carbocycles. The molecule has 0 bridgehead atoms. The van der Waals surface area contributed by atoms with Crippen LogP contribution in [0.4, 0.5) is 0 Å². The van der Waals surface area contributed by atoms with E-state index in [0.717, 1.165) is 31.6 Å².